The van der Waals surface area contributed by atoms with Gasteiger partial charge >= 0.3 is 0 Å². The van der Waals surface area contributed by atoms with Gasteiger partial charge in [-0.2, -0.15) is 0 Å². The number of hydrogen-bond donors (Lipinski definition) is 0. The second kappa shape index (κ2) is 3.71. The van der Waals surface area contributed by atoms with E-state index in [0.29, 0.717) is 0 Å². The molecule has 0 saturated heterocycles. The Bertz CT molecular complexity index is 625. The Morgan fingerprint density at radius 2 is 1.69 bits per heavy atom. The highest BCUT2D eigenvalue weighted by Gasteiger charge is 2.28. The fourth-order valence-corrected chi connectivity index (χ4v) is 4.92. The lowest BCUT2D eigenvalue weighted by Gasteiger charge is -2.03. The molecule has 0 aromatic heterocycles. The minimum Gasteiger partial charge on any atom is -0.224 e. The zero-order chi connectivity index (χ0) is 11.8. The molecule has 1 aliphatic rings. The molecule has 0 amide bonds. The lowest BCUT2D eigenvalue weighted by molar-refractivity contribution is 0.601. The maximum absolute atomic E-state index is 12.0. The van der Waals surface area contributed by atoms with Crippen LogP contribution in [0.3, 0.4) is 0 Å². The number of allylic oxidation sites excluding steroid dienone is 1. The second-order valence-corrected chi connectivity index (χ2v) is 7.49. The fraction of sp³-hybridized carbons (Fsp3) is 0.200. The van der Waals surface area contributed by atoms with Crippen LogP contribution in [-0.2, 0) is 19.7 Å². The van der Waals surface area contributed by atoms with Gasteiger partial charge in [0, 0.05) is 5.41 Å². The van der Waals surface area contributed by atoms with Gasteiger partial charge in [0.15, 0.2) is 9.84 Å². The van der Waals surface area contributed by atoms with Crippen molar-refractivity contribution in [3.8, 4) is 0 Å². The zero-order valence-corrected chi connectivity index (χ0v) is 9.96. The van der Waals surface area contributed by atoms with Crippen molar-refractivity contribution in [2.75, 3.05) is 5.75 Å². The monoisotopic (exact) mass is 258 g/mol. The van der Waals surface area contributed by atoms with Crippen LogP contribution in [0.2, 0.25) is 0 Å². The standard InChI is InChI=1S/C10H10O4S2/c11-15(12)7-6-10(8-15)16(13,14)9-4-2-1-3-5-9/h1-5,8H,6-7H2. The SMILES string of the molecule is O=S1(=O)C=C(S(=O)(=O)c2ccccc2)CC1. The van der Waals surface area contributed by atoms with E-state index in [0.717, 1.165) is 5.41 Å². The molecule has 6 heteroatoms. The first-order valence-corrected chi connectivity index (χ1v) is 7.85. The first-order valence-electron chi connectivity index (χ1n) is 4.65. The van der Waals surface area contributed by atoms with Gasteiger partial charge in [0.1, 0.15) is 0 Å². The van der Waals surface area contributed by atoms with Crippen LogP contribution < -0.4 is 0 Å². The molecular formula is C10H10O4S2. The van der Waals surface area contributed by atoms with Gasteiger partial charge in [-0.05, 0) is 18.6 Å². The summed E-state index contributed by atoms with van der Waals surface area (Å²) in [7, 11) is -6.96. The van der Waals surface area contributed by atoms with E-state index in [1.54, 1.807) is 18.2 Å². The molecule has 0 atom stereocenters. The summed E-state index contributed by atoms with van der Waals surface area (Å²) in [5.41, 5.74) is 0. The van der Waals surface area contributed by atoms with Gasteiger partial charge in [-0.1, -0.05) is 18.2 Å². The Hall–Kier alpha value is -1.14. The van der Waals surface area contributed by atoms with E-state index in [1.165, 1.54) is 12.1 Å². The van der Waals surface area contributed by atoms with Crippen molar-refractivity contribution in [1.29, 1.82) is 0 Å². The predicted octanol–water partition coefficient (Wildman–Crippen LogP) is 1.12. The minimum absolute atomic E-state index is 0.0151. The lowest BCUT2D eigenvalue weighted by Crippen LogP contribution is -2.03. The highest BCUT2D eigenvalue weighted by molar-refractivity contribution is 7.99. The number of rotatable bonds is 2. The van der Waals surface area contributed by atoms with Crippen molar-refractivity contribution >= 4 is 19.7 Å². The van der Waals surface area contributed by atoms with Gasteiger partial charge in [-0.25, -0.2) is 16.8 Å². The van der Waals surface area contributed by atoms with E-state index in [4.69, 9.17) is 0 Å². The summed E-state index contributed by atoms with van der Waals surface area (Å²) in [6.07, 6.45) is 0.0690. The Balaban J connectivity index is 2.51. The third kappa shape index (κ3) is 2.03. The van der Waals surface area contributed by atoms with E-state index in [-0.39, 0.29) is 22.0 Å². The van der Waals surface area contributed by atoms with Crippen molar-refractivity contribution in [1.82, 2.24) is 0 Å². The van der Waals surface area contributed by atoms with Crippen molar-refractivity contribution in [3.05, 3.63) is 40.6 Å². The first kappa shape index (κ1) is 11.3. The van der Waals surface area contributed by atoms with Crippen molar-refractivity contribution in [2.45, 2.75) is 11.3 Å². The van der Waals surface area contributed by atoms with Crippen LogP contribution in [0.4, 0.5) is 0 Å². The number of hydrogen-bond acceptors (Lipinski definition) is 4. The summed E-state index contributed by atoms with van der Waals surface area (Å²) in [5.74, 6) is -0.117. The smallest absolute Gasteiger partial charge is 0.203 e. The van der Waals surface area contributed by atoms with Crippen LogP contribution in [0.5, 0.6) is 0 Å². The van der Waals surface area contributed by atoms with Gasteiger partial charge < -0.3 is 0 Å². The highest BCUT2D eigenvalue weighted by atomic mass is 32.2. The quantitative estimate of drug-likeness (QED) is 0.797. The maximum atomic E-state index is 12.0. The first-order chi connectivity index (χ1) is 7.42. The predicted molar refractivity (Wildman–Crippen MR) is 60.1 cm³/mol. The van der Waals surface area contributed by atoms with Gasteiger partial charge in [0.05, 0.1) is 15.6 Å². The molecule has 1 aliphatic heterocycles. The van der Waals surface area contributed by atoms with E-state index in [2.05, 4.69) is 0 Å². The summed E-state index contributed by atoms with van der Waals surface area (Å²) in [4.78, 5) is 0.122. The molecule has 2 rings (SSSR count). The van der Waals surface area contributed by atoms with E-state index in [1.807, 2.05) is 0 Å². The molecule has 16 heavy (non-hydrogen) atoms. The van der Waals surface area contributed by atoms with Crippen LogP contribution in [0.25, 0.3) is 0 Å². The van der Waals surface area contributed by atoms with Crippen LogP contribution in [0, 0.1) is 0 Å². The van der Waals surface area contributed by atoms with Crippen LogP contribution in [0.15, 0.2) is 45.5 Å². The van der Waals surface area contributed by atoms with Gasteiger partial charge in [0.25, 0.3) is 0 Å². The Morgan fingerprint density at radius 1 is 1.06 bits per heavy atom. The van der Waals surface area contributed by atoms with Gasteiger partial charge in [-0.15, -0.1) is 0 Å². The molecule has 1 heterocycles. The fourth-order valence-electron chi connectivity index (χ4n) is 1.51. The molecule has 0 saturated carbocycles. The maximum Gasteiger partial charge on any atom is 0.203 e. The van der Waals surface area contributed by atoms with Crippen molar-refractivity contribution < 1.29 is 16.8 Å². The van der Waals surface area contributed by atoms with Crippen molar-refractivity contribution in [2.24, 2.45) is 0 Å². The average molecular weight is 258 g/mol. The summed E-state index contributed by atoms with van der Waals surface area (Å²) in [5, 5.41) is 0.870. The summed E-state index contributed by atoms with van der Waals surface area (Å²) < 4.78 is 46.3. The zero-order valence-electron chi connectivity index (χ0n) is 8.33. The molecule has 1 aromatic carbocycles. The van der Waals surface area contributed by atoms with Crippen LogP contribution in [0.1, 0.15) is 6.42 Å². The third-order valence-corrected chi connectivity index (χ3v) is 5.81. The molecule has 0 bridgehead atoms. The molecule has 0 unspecified atom stereocenters. The Morgan fingerprint density at radius 3 is 2.19 bits per heavy atom. The largest absolute Gasteiger partial charge is 0.224 e. The molecular weight excluding hydrogens is 248 g/mol. The molecule has 0 aliphatic carbocycles. The molecule has 0 N–H and O–H groups in total. The molecule has 1 aromatic rings. The molecule has 86 valence electrons. The molecule has 0 spiro atoms. The Kier molecular flexibility index (Phi) is 2.63. The topological polar surface area (TPSA) is 68.3 Å². The Labute approximate surface area is 94.4 Å². The van der Waals surface area contributed by atoms with Gasteiger partial charge in [-0.3, -0.25) is 0 Å². The van der Waals surface area contributed by atoms with E-state index in [9.17, 15) is 16.8 Å². The summed E-state index contributed by atoms with van der Waals surface area (Å²) in [6, 6.07) is 7.84. The highest BCUT2D eigenvalue weighted by Crippen LogP contribution is 2.27. The van der Waals surface area contributed by atoms with Crippen LogP contribution >= 0.6 is 0 Å². The summed E-state index contributed by atoms with van der Waals surface area (Å²) >= 11 is 0. The molecule has 0 fully saturated rings. The minimum atomic E-state index is -3.63. The number of benzene rings is 1. The molecule has 0 radical (unpaired) electrons. The van der Waals surface area contributed by atoms with Gasteiger partial charge in [0.2, 0.25) is 9.84 Å². The lowest BCUT2D eigenvalue weighted by atomic mass is 10.4. The van der Waals surface area contributed by atoms with E-state index >= 15 is 0 Å². The van der Waals surface area contributed by atoms with Crippen LogP contribution in [-0.4, -0.2) is 22.6 Å². The number of sulfone groups is 2. The average Bonchev–Trinajstić information content (AvgIpc) is 2.61. The molecule has 4 nitrogen and oxygen atoms in total. The summed E-state index contributed by atoms with van der Waals surface area (Å²) in [6.45, 7) is 0. The second-order valence-electron chi connectivity index (χ2n) is 3.52. The normalized spacial score (nSPS) is 19.4. The third-order valence-electron chi connectivity index (χ3n) is 2.34. The van der Waals surface area contributed by atoms with Crippen molar-refractivity contribution in [3.63, 3.8) is 0 Å². The van der Waals surface area contributed by atoms with E-state index < -0.39 is 19.7 Å².